The Hall–Kier alpha value is -1.62. The third kappa shape index (κ3) is 1.66. The van der Waals surface area contributed by atoms with E-state index >= 15 is 0 Å². The van der Waals surface area contributed by atoms with Crippen molar-refractivity contribution in [3.8, 4) is 0 Å². The monoisotopic (exact) mass is 209 g/mol. The largest absolute Gasteiger partial charge is 0.368 e. The molecule has 0 spiro atoms. The molecule has 0 saturated carbocycles. The minimum Gasteiger partial charge on any atom is -0.368 e. The summed E-state index contributed by atoms with van der Waals surface area (Å²) in [6.45, 7) is 1.26. The summed E-state index contributed by atoms with van der Waals surface area (Å²) in [6, 6.07) is 4.55. The summed E-state index contributed by atoms with van der Waals surface area (Å²) in [5, 5.41) is 0. The van der Waals surface area contributed by atoms with Crippen molar-refractivity contribution in [2.45, 2.75) is 6.04 Å². The number of amides is 1. The van der Waals surface area contributed by atoms with E-state index in [9.17, 15) is 9.18 Å². The van der Waals surface area contributed by atoms with Crippen LogP contribution in [0.2, 0.25) is 0 Å². The van der Waals surface area contributed by atoms with Gasteiger partial charge < -0.3 is 16.4 Å². The number of carbonyl (C=O) groups is 1. The van der Waals surface area contributed by atoms with Gasteiger partial charge in [0.25, 0.3) is 5.91 Å². The fourth-order valence-electron chi connectivity index (χ4n) is 1.73. The molecule has 1 aromatic carbocycles. The molecule has 80 valence electrons. The average Bonchev–Trinajstić information content (AvgIpc) is 2.12. The second-order valence-electron chi connectivity index (χ2n) is 3.66. The van der Waals surface area contributed by atoms with Crippen molar-refractivity contribution in [3.05, 3.63) is 29.6 Å². The molecule has 1 saturated heterocycles. The summed E-state index contributed by atoms with van der Waals surface area (Å²) in [4.78, 5) is 12.9. The van der Waals surface area contributed by atoms with Gasteiger partial charge in [0.1, 0.15) is 5.82 Å². The van der Waals surface area contributed by atoms with E-state index in [1.165, 1.54) is 6.07 Å². The summed E-state index contributed by atoms with van der Waals surface area (Å²) in [5.41, 5.74) is 11.2. The molecular weight excluding hydrogens is 197 g/mol. The molecule has 0 radical (unpaired) electrons. The maximum absolute atomic E-state index is 13.4. The number of rotatable bonds is 2. The molecule has 5 heteroatoms. The number of benzene rings is 1. The zero-order valence-corrected chi connectivity index (χ0v) is 8.11. The van der Waals surface area contributed by atoms with Crippen molar-refractivity contribution in [3.63, 3.8) is 0 Å². The van der Waals surface area contributed by atoms with Crippen LogP contribution in [0.1, 0.15) is 10.4 Å². The van der Waals surface area contributed by atoms with Gasteiger partial charge >= 0.3 is 0 Å². The first-order valence-corrected chi connectivity index (χ1v) is 4.68. The number of hydrogen-bond acceptors (Lipinski definition) is 3. The maximum atomic E-state index is 13.4. The molecule has 0 unspecified atom stereocenters. The number of nitrogens with zero attached hydrogens (tertiary/aromatic N) is 1. The van der Waals surface area contributed by atoms with E-state index in [0.29, 0.717) is 18.8 Å². The van der Waals surface area contributed by atoms with Crippen molar-refractivity contribution in [1.29, 1.82) is 0 Å². The number of halogens is 1. The fourth-order valence-corrected chi connectivity index (χ4v) is 1.73. The molecular formula is C10H12FN3O. The molecule has 1 aliphatic rings. The predicted molar refractivity (Wildman–Crippen MR) is 55.1 cm³/mol. The van der Waals surface area contributed by atoms with Crippen LogP contribution in [-0.4, -0.2) is 25.0 Å². The van der Waals surface area contributed by atoms with Crippen LogP contribution in [0.4, 0.5) is 10.1 Å². The van der Waals surface area contributed by atoms with Gasteiger partial charge in [-0.1, -0.05) is 6.07 Å². The summed E-state index contributed by atoms with van der Waals surface area (Å²) < 4.78 is 13.4. The van der Waals surface area contributed by atoms with Gasteiger partial charge in [0, 0.05) is 19.1 Å². The Morgan fingerprint density at radius 2 is 2.13 bits per heavy atom. The predicted octanol–water partition coefficient (Wildman–Crippen LogP) is 0.0719. The lowest BCUT2D eigenvalue weighted by Gasteiger charge is -2.39. The van der Waals surface area contributed by atoms with Crippen LogP contribution in [0, 0.1) is 5.82 Å². The van der Waals surface area contributed by atoms with Crippen LogP contribution in [0.15, 0.2) is 18.2 Å². The summed E-state index contributed by atoms with van der Waals surface area (Å²) >= 11 is 0. The van der Waals surface area contributed by atoms with Crippen molar-refractivity contribution < 1.29 is 9.18 Å². The smallest absolute Gasteiger partial charge is 0.253 e. The second-order valence-corrected chi connectivity index (χ2v) is 3.66. The van der Waals surface area contributed by atoms with Gasteiger partial charge in [0.05, 0.1) is 11.3 Å². The number of anilines is 1. The Morgan fingerprint density at radius 1 is 1.47 bits per heavy atom. The van der Waals surface area contributed by atoms with Gasteiger partial charge in [-0.05, 0) is 12.1 Å². The zero-order valence-electron chi connectivity index (χ0n) is 8.11. The molecule has 0 atom stereocenters. The van der Waals surface area contributed by atoms with Gasteiger partial charge in [-0.25, -0.2) is 4.39 Å². The van der Waals surface area contributed by atoms with E-state index in [1.807, 2.05) is 4.90 Å². The normalized spacial score (nSPS) is 16.3. The molecule has 1 aliphatic heterocycles. The van der Waals surface area contributed by atoms with Crippen LogP contribution in [0.5, 0.6) is 0 Å². The number of carbonyl (C=O) groups excluding carboxylic acids is 1. The quantitative estimate of drug-likeness (QED) is 0.724. The van der Waals surface area contributed by atoms with Crippen LogP contribution >= 0.6 is 0 Å². The molecule has 4 N–H and O–H groups in total. The Labute approximate surface area is 86.7 Å². The lowest BCUT2D eigenvalue weighted by molar-refractivity contribution is 0.0996. The molecule has 0 aromatic heterocycles. The fraction of sp³-hybridized carbons (Fsp3) is 0.300. The third-order valence-corrected chi connectivity index (χ3v) is 2.49. The number of nitrogens with two attached hydrogens (primary N) is 2. The molecule has 1 heterocycles. The minimum atomic E-state index is -0.747. The zero-order chi connectivity index (χ0) is 11.0. The minimum absolute atomic E-state index is 0.0515. The lowest BCUT2D eigenvalue weighted by Crippen LogP contribution is -2.56. The van der Waals surface area contributed by atoms with E-state index in [2.05, 4.69) is 0 Å². The first-order valence-electron chi connectivity index (χ1n) is 4.68. The maximum Gasteiger partial charge on any atom is 0.253 e. The molecule has 2 rings (SSSR count). The van der Waals surface area contributed by atoms with Gasteiger partial charge in [-0.3, -0.25) is 4.79 Å². The molecule has 15 heavy (non-hydrogen) atoms. The van der Waals surface area contributed by atoms with E-state index in [-0.39, 0.29) is 11.6 Å². The van der Waals surface area contributed by atoms with Gasteiger partial charge in [0.15, 0.2) is 0 Å². The number of hydrogen-bond donors (Lipinski definition) is 2. The Kier molecular flexibility index (Phi) is 2.32. The Morgan fingerprint density at radius 3 is 2.67 bits per heavy atom. The van der Waals surface area contributed by atoms with E-state index in [1.54, 1.807) is 12.1 Å². The SMILES string of the molecule is NC(=O)c1c(F)cccc1N1CC(N)C1. The molecule has 0 aliphatic carbocycles. The number of primary amides is 1. The van der Waals surface area contributed by atoms with Crippen LogP contribution in [-0.2, 0) is 0 Å². The summed E-state index contributed by atoms with van der Waals surface area (Å²) in [5.74, 6) is -1.33. The Bertz CT molecular complexity index is 402. The molecule has 1 amide bonds. The lowest BCUT2D eigenvalue weighted by atomic mass is 10.0. The van der Waals surface area contributed by atoms with Crippen molar-refractivity contribution >= 4 is 11.6 Å². The van der Waals surface area contributed by atoms with Crippen LogP contribution in [0.3, 0.4) is 0 Å². The standard InChI is InChI=1S/C10H12FN3O/c11-7-2-1-3-8(9(7)10(13)15)14-4-6(12)5-14/h1-3,6H,4-5,12H2,(H2,13,15). The summed E-state index contributed by atoms with van der Waals surface area (Å²) in [6.07, 6.45) is 0. The van der Waals surface area contributed by atoms with Crippen LogP contribution < -0.4 is 16.4 Å². The highest BCUT2D eigenvalue weighted by Gasteiger charge is 2.27. The molecule has 0 bridgehead atoms. The van der Waals surface area contributed by atoms with Crippen molar-refractivity contribution in [2.24, 2.45) is 11.5 Å². The highest BCUT2D eigenvalue weighted by atomic mass is 19.1. The Balaban J connectivity index is 2.38. The highest BCUT2D eigenvalue weighted by molar-refractivity contribution is 5.99. The first kappa shape index (κ1) is 9.92. The molecule has 1 aromatic rings. The highest BCUT2D eigenvalue weighted by Crippen LogP contribution is 2.26. The second kappa shape index (κ2) is 3.51. The molecule has 4 nitrogen and oxygen atoms in total. The summed E-state index contributed by atoms with van der Waals surface area (Å²) in [7, 11) is 0. The van der Waals surface area contributed by atoms with Crippen LogP contribution in [0.25, 0.3) is 0 Å². The van der Waals surface area contributed by atoms with Gasteiger partial charge in [-0.15, -0.1) is 0 Å². The van der Waals surface area contributed by atoms with Crippen molar-refractivity contribution in [2.75, 3.05) is 18.0 Å². The topological polar surface area (TPSA) is 72.4 Å². The van der Waals surface area contributed by atoms with E-state index in [4.69, 9.17) is 11.5 Å². The van der Waals surface area contributed by atoms with E-state index in [0.717, 1.165) is 0 Å². The van der Waals surface area contributed by atoms with Gasteiger partial charge in [0.2, 0.25) is 0 Å². The first-order chi connectivity index (χ1) is 7.09. The van der Waals surface area contributed by atoms with E-state index < -0.39 is 11.7 Å². The molecule has 1 fully saturated rings. The van der Waals surface area contributed by atoms with Gasteiger partial charge in [-0.2, -0.15) is 0 Å². The third-order valence-electron chi connectivity index (χ3n) is 2.49. The average molecular weight is 209 g/mol. The van der Waals surface area contributed by atoms with Crippen molar-refractivity contribution in [1.82, 2.24) is 0 Å².